The van der Waals surface area contributed by atoms with Gasteiger partial charge < -0.3 is 18.8 Å². The minimum atomic E-state index is -0.802. The van der Waals surface area contributed by atoms with Crippen LogP contribution in [-0.2, 0) is 23.9 Å². The van der Waals surface area contributed by atoms with Crippen molar-refractivity contribution in [2.45, 2.75) is 54.4 Å². The summed E-state index contributed by atoms with van der Waals surface area (Å²) in [5.41, 5.74) is -0.630. The van der Waals surface area contributed by atoms with Crippen molar-refractivity contribution in [3.05, 3.63) is 16.9 Å². The maximum Gasteiger partial charge on any atom is 0.344 e. The summed E-state index contributed by atoms with van der Waals surface area (Å²) >= 11 is 0. The smallest absolute Gasteiger partial charge is 0.344 e. The first-order chi connectivity index (χ1) is 15.4. The van der Waals surface area contributed by atoms with Crippen molar-refractivity contribution >= 4 is 35.4 Å². The molecule has 1 aromatic heterocycles. The Hall–Kier alpha value is -3.17. The van der Waals surface area contributed by atoms with Gasteiger partial charge in [-0.15, -0.1) is 0 Å². The summed E-state index contributed by atoms with van der Waals surface area (Å²) < 4.78 is 15.5. The van der Waals surface area contributed by atoms with E-state index in [1.165, 1.54) is 13.8 Å². The fraction of sp³-hybridized carbons (Fsp3) is 0.609. The van der Waals surface area contributed by atoms with Gasteiger partial charge in [0, 0.05) is 18.5 Å². The number of nitrogens with zero attached hydrogens (tertiary/aromatic N) is 1. The van der Waals surface area contributed by atoms with Crippen molar-refractivity contribution in [3.63, 3.8) is 0 Å². The van der Waals surface area contributed by atoms with Crippen LogP contribution in [0.1, 0.15) is 73.9 Å². The van der Waals surface area contributed by atoms with E-state index in [-0.39, 0.29) is 35.3 Å². The number of anilines is 1. The second-order valence-electron chi connectivity index (χ2n) is 8.99. The number of aryl methyl sites for hydroxylation is 1. The van der Waals surface area contributed by atoms with Crippen LogP contribution in [0.3, 0.4) is 0 Å². The third kappa shape index (κ3) is 6.43. The lowest BCUT2D eigenvalue weighted by molar-refractivity contribution is -0.155. The summed E-state index contributed by atoms with van der Waals surface area (Å²) in [6.45, 7) is 10.3. The van der Waals surface area contributed by atoms with Crippen molar-refractivity contribution in [1.82, 2.24) is 4.90 Å². The van der Waals surface area contributed by atoms with Crippen molar-refractivity contribution < 1.29 is 37.9 Å². The Morgan fingerprint density at radius 2 is 1.67 bits per heavy atom. The molecule has 1 aromatic rings. The van der Waals surface area contributed by atoms with E-state index >= 15 is 0 Å². The highest BCUT2D eigenvalue weighted by atomic mass is 16.5. The van der Waals surface area contributed by atoms with Crippen molar-refractivity contribution in [3.8, 4) is 0 Å². The fourth-order valence-corrected chi connectivity index (χ4v) is 3.66. The number of piperidine rings is 1. The molecular formula is C23H32N2O8. The molecule has 10 nitrogen and oxygen atoms in total. The average molecular weight is 465 g/mol. The Morgan fingerprint density at radius 1 is 1.06 bits per heavy atom. The molecule has 1 aliphatic rings. The minimum Gasteiger partial charge on any atom is -0.462 e. The Balaban J connectivity index is 1.95. The highest BCUT2D eigenvalue weighted by Gasteiger charge is 2.33. The number of ketones is 1. The highest BCUT2D eigenvalue weighted by molar-refractivity contribution is 6.10. The van der Waals surface area contributed by atoms with Gasteiger partial charge >= 0.3 is 11.9 Å². The number of carbonyl (C=O) groups excluding carboxylic acids is 5. The van der Waals surface area contributed by atoms with E-state index in [2.05, 4.69) is 5.32 Å². The number of esters is 2. The zero-order chi connectivity index (χ0) is 24.9. The van der Waals surface area contributed by atoms with Crippen molar-refractivity contribution in [2.75, 3.05) is 31.6 Å². The van der Waals surface area contributed by atoms with E-state index in [4.69, 9.17) is 13.9 Å². The molecule has 2 heterocycles. The van der Waals surface area contributed by atoms with Gasteiger partial charge in [-0.3, -0.25) is 24.5 Å². The molecule has 1 fully saturated rings. The number of hydrogen-bond acceptors (Lipinski definition) is 8. The van der Waals surface area contributed by atoms with Gasteiger partial charge in [-0.1, -0.05) is 20.8 Å². The van der Waals surface area contributed by atoms with E-state index in [1.807, 2.05) is 20.8 Å². The van der Waals surface area contributed by atoms with Gasteiger partial charge in [0.2, 0.25) is 11.8 Å². The van der Waals surface area contributed by atoms with Crippen LogP contribution in [-0.4, -0.2) is 60.7 Å². The number of carbonyl (C=O) groups is 5. The predicted molar refractivity (Wildman–Crippen MR) is 118 cm³/mol. The van der Waals surface area contributed by atoms with Gasteiger partial charge in [0.1, 0.15) is 11.3 Å². The van der Waals surface area contributed by atoms with Crippen LogP contribution in [0.5, 0.6) is 0 Å². The number of hydrogen-bond donors (Lipinski definition) is 1. The Bertz CT molecular complexity index is 933. The molecule has 0 aromatic carbocycles. The lowest BCUT2D eigenvalue weighted by Gasteiger charge is -2.34. The average Bonchev–Trinajstić information content (AvgIpc) is 3.06. The van der Waals surface area contributed by atoms with Crippen LogP contribution in [0.2, 0.25) is 0 Å². The first kappa shape index (κ1) is 26.1. The lowest BCUT2D eigenvalue weighted by atomic mass is 9.91. The minimum absolute atomic E-state index is 0.0253. The summed E-state index contributed by atoms with van der Waals surface area (Å²) in [4.78, 5) is 63.0. The first-order valence-electron chi connectivity index (χ1n) is 10.9. The Kier molecular flexibility index (Phi) is 8.40. The molecule has 0 aliphatic carbocycles. The normalized spacial score (nSPS) is 14.5. The molecule has 0 bridgehead atoms. The van der Waals surface area contributed by atoms with Gasteiger partial charge in [-0.25, -0.2) is 4.79 Å². The molecule has 0 radical (unpaired) electrons. The van der Waals surface area contributed by atoms with E-state index in [0.29, 0.717) is 25.9 Å². The summed E-state index contributed by atoms with van der Waals surface area (Å²) in [6.07, 6.45) is 0.906. The molecule has 2 amide bonds. The molecule has 0 saturated carbocycles. The third-order valence-corrected chi connectivity index (χ3v) is 5.27. The Labute approximate surface area is 192 Å². The molecule has 33 heavy (non-hydrogen) atoms. The molecule has 0 unspecified atom stereocenters. The molecule has 2 rings (SSSR count). The molecule has 1 N–H and O–H groups in total. The van der Waals surface area contributed by atoms with E-state index < -0.39 is 41.6 Å². The number of Topliss-reactive ketones (excluding diaryl/α,β-unsaturated/α-hetero) is 1. The maximum absolute atomic E-state index is 12.4. The zero-order valence-corrected chi connectivity index (χ0v) is 20.0. The quantitative estimate of drug-likeness (QED) is 0.481. The predicted octanol–water partition coefficient (Wildman–Crippen LogP) is 2.73. The van der Waals surface area contributed by atoms with Crippen LogP contribution in [0.25, 0.3) is 0 Å². The third-order valence-electron chi connectivity index (χ3n) is 5.27. The summed E-state index contributed by atoms with van der Waals surface area (Å²) in [5, 5.41) is 2.37. The molecule has 0 spiro atoms. The molecular weight excluding hydrogens is 432 g/mol. The van der Waals surface area contributed by atoms with Gasteiger partial charge in [0.15, 0.2) is 12.4 Å². The summed E-state index contributed by atoms with van der Waals surface area (Å²) in [5.74, 6) is -2.92. The summed E-state index contributed by atoms with van der Waals surface area (Å²) in [7, 11) is 0. The second kappa shape index (κ2) is 10.6. The van der Waals surface area contributed by atoms with E-state index in [0.717, 1.165) is 0 Å². The first-order valence-corrected chi connectivity index (χ1v) is 10.9. The number of amides is 2. The van der Waals surface area contributed by atoms with E-state index in [1.54, 1.807) is 11.8 Å². The molecule has 0 atom stereocenters. The van der Waals surface area contributed by atoms with Crippen LogP contribution >= 0.6 is 0 Å². The van der Waals surface area contributed by atoms with Crippen LogP contribution in [0.15, 0.2) is 4.42 Å². The topological polar surface area (TPSA) is 132 Å². The molecule has 10 heteroatoms. The van der Waals surface area contributed by atoms with Crippen LogP contribution < -0.4 is 5.32 Å². The molecule has 1 aliphatic heterocycles. The lowest BCUT2D eigenvalue weighted by Crippen LogP contribution is -2.45. The number of nitrogens with one attached hydrogen (secondary N) is 1. The van der Waals surface area contributed by atoms with Gasteiger partial charge in [-0.2, -0.15) is 0 Å². The molecule has 1 saturated heterocycles. The highest BCUT2D eigenvalue weighted by Crippen LogP contribution is 2.29. The SMILES string of the molecule is CCOC(=O)c1c(NC(=O)COC(=O)C2CCN(C(=O)C(C)(C)C)CC2)oc(C)c1C(C)=O. The Morgan fingerprint density at radius 3 is 2.18 bits per heavy atom. The number of likely N-dealkylation sites (tertiary alicyclic amines) is 1. The monoisotopic (exact) mass is 464 g/mol. The molecule has 182 valence electrons. The fourth-order valence-electron chi connectivity index (χ4n) is 3.66. The van der Waals surface area contributed by atoms with Gasteiger partial charge in [-0.05, 0) is 33.6 Å². The number of furan rings is 1. The number of rotatable bonds is 7. The second-order valence-corrected chi connectivity index (χ2v) is 8.99. The van der Waals surface area contributed by atoms with Crippen LogP contribution in [0.4, 0.5) is 5.88 Å². The largest absolute Gasteiger partial charge is 0.462 e. The van der Waals surface area contributed by atoms with Gasteiger partial charge in [0.05, 0.1) is 18.1 Å². The number of ether oxygens (including phenoxy) is 2. The maximum atomic E-state index is 12.4. The standard InChI is InChI=1S/C23H32N2O8/c1-7-31-21(29)18-17(13(2)26)14(3)33-19(18)24-16(27)12-32-20(28)15-8-10-25(11-9-15)22(30)23(4,5)6/h15H,7-12H2,1-6H3,(H,24,27). The van der Waals surface area contributed by atoms with Crippen molar-refractivity contribution in [2.24, 2.45) is 11.3 Å². The van der Waals surface area contributed by atoms with E-state index in [9.17, 15) is 24.0 Å². The summed E-state index contributed by atoms with van der Waals surface area (Å²) in [6, 6.07) is 0. The van der Waals surface area contributed by atoms with Gasteiger partial charge in [0.25, 0.3) is 5.91 Å². The van der Waals surface area contributed by atoms with Crippen molar-refractivity contribution in [1.29, 1.82) is 0 Å². The zero-order valence-electron chi connectivity index (χ0n) is 20.0. The van der Waals surface area contributed by atoms with Crippen LogP contribution in [0, 0.1) is 18.3 Å².